The van der Waals surface area contributed by atoms with Gasteiger partial charge in [-0.2, -0.15) is 0 Å². The molecular weight excluding hydrogens is 240 g/mol. The van der Waals surface area contributed by atoms with E-state index in [0.29, 0.717) is 0 Å². The van der Waals surface area contributed by atoms with E-state index in [9.17, 15) is 19.7 Å². The van der Waals surface area contributed by atoms with Crippen molar-refractivity contribution in [2.24, 2.45) is 0 Å². The number of hydrogen-bond donors (Lipinski definition) is 2. The summed E-state index contributed by atoms with van der Waals surface area (Å²) in [5.74, 6) is -1.59. The SMILES string of the molecule is CC(=O)NC(CC(=O)O)c1ccccc1[N+](=O)[O-]. The number of rotatable bonds is 5. The van der Waals surface area contributed by atoms with E-state index < -0.39 is 29.3 Å². The molecular formula is C11H12N2O5. The molecule has 1 aromatic rings. The molecule has 0 aliphatic heterocycles. The summed E-state index contributed by atoms with van der Waals surface area (Å²) in [6.45, 7) is 1.23. The van der Waals surface area contributed by atoms with E-state index in [2.05, 4.69) is 5.32 Å². The van der Waals surface area contributed by atoms with Gasteiger partial charge in [-0.05, 0) is 0 Å². The molecule has 0 bridgehead atoms. The lowest BCUT2D eigenvalue weighted by Crippen LogP contribution is -2.28. The van der Waals surface area contributed by atoms with Gasteiger partial charge >= 0.3 is 5.97 Å². The second kappa shape index (κ2) is 5.76. The van der Waals surface area contributed by atoms with Crippen LogP contribution in [-0.4, -0.2) is 21.9 Å². The van der Waals surface area contributed by atoms with Crippen LogP contribution in [0.15, 0.2) is 24.3 Å². The number of carbonyl (C=O) groups excluding carboxylic acids is 1. The molecule has 0 aliphatic rings. The Morgan fingerprint density at radius 3 is 2.56 bits per heavy atom. The van der Waals surface area contributed by atoms with Crippen LogP contribution in [0.3, 0.4) is 0 Å². The van der Waals surface area contributed by atoms with Gasteiger partial charge in [-0.3, -0.25) is 19.7 Å². The van der Waals surface area contributed by atoms with Crippen LogP contribution in [0.1, 0.15) is 24.9 Å². The summed E-state index contributed by atoms with van der Waals surface area (Å²) in [7, 11) is 0. The van der Waals surface area contributed by atoms with Crippen molar-refractivity contribution in [1.29, 1.82) is 0 Å². The van der Waals surface area contributed by atoms with Gasteiger partial charge in [0.25, 0.3) is 5.69 Å². The minimum atomic E-state index is -1.15. The van der Waals surface area contributed by atoms with E-state index >= 15 is 0 Å². The maximum atomic E-state index is 11.0. The molecule has 2 N–H and O–H groups in total. The fourth-order valence-electron chi connectivity index (χ4n) is 1.61. The molecule has 1 unspecified atom stereocenters. The average Bonchev–Trinajstić information content (AvgIpc) is 2.26. The maximum absolute atomic E-state index is 11.0. The molecule has 0 spiro atoms. The summed E-state index contributed by atoms with van der Waals surface area (Å²) in [5.41, 5.74) is -0.0300. The Bertz CT molecular complexity index is 470. The number of carbonyl (C=O) groups is 2. The van der Waals surface area contributed by atoms with Crippen molar-refractivity contribution >= 4 is 17.6 Å². The number of aliphatic carboxylic acids is 1. The van der Waals surface area contributed by atoms with Crippen LogP contribution < -0.4 is 5.32 Å². The van der Waals surface area contributed by atoms with E-state index in [0.717, 1.165) is 0 Å². The van der Waals surface area contributed by atoms with Gasteiger partial charge in [0.2, 0.25) is 5.91 Å². The highest BCUT2D eigenvalue weighted by Gasteiger charge is 2.24. The van der Waals surface area contributed by atoms with Crippen molar-refractivity contribution in [1.82, 2.24) is 5.32 Å². The Morgan fingerprint density at radius 1 is 1.44 bits per heavy atom. The first-order chi connectivity index (χ1) is 8.41. The van der Waals surface area contributed by atoms with Crippen molar-refractivity contribution in [3.05, 3.63) is 39.9 Å². The van der Waals surface area contributed by atoms with Gasteiger partial charge in [0, 0.05) is 13.0 Å². The van der Waals surface area contributed by atoms with Crippen molar-refractivity contribution in [2.75, 3.05) is 0 Å². The molecule has 96 valence electrons. The number of nitrogens with one attached hydrogen (secondary N) is 1. The number of carboxylic acids is 1. The number of hydrogen-bond acceptors (Lipinski definition) is 4. The van der Waals surface area contributed by atoms with Gasteiger partial charge in [0.05, 0.1) is 22.9 Å². The third kappa shape index (κ3) is 3.55. The maximum Gasteiger partial charge on any atom is 0.305 e. The first-order valence-electron chi connectivity index (χ1n) is 5.14. The van der Waals surface area contributed by atoms with E-state index in [4.69, 9.17) is 5.11 Å². The number of carboxylic acid groups (broad SMARTS) is 1. The molecule has 7 nitrogen and oxygen atoms in total. The summed E-state index contributed by atoms with van der Waals surface area (Å²) in [5, 5.41) is 22.0. The van der Waals surface area contributed by atoms with Gasteiger partial charge in [0.1, 0.15) is 0 Å². The number of amides is 1. The number of benzene rings is 1. The molecule has 0 radical (unpaired) electrons. The Balaban J connectivity index is 3.15. The highest BCUT2D eigenvalue weighted by Crippen LogP contribution is 2.26. The van der Waals surface area contributed by atoms with Crippen molar-refractivity contribution in [3.8, 4) is 0 Å². The lowest BCUT2D eigenvalue weighted by atomic mass is 10.0. The summed E-state index contributed by atoms with van der Waals surface area (Å²) >= 11 is 0. The predicted octanol–water partition coefficient (Wildman–Crippen LogP) is 1.25. The molecule has 18 heavy (non-hydrogen) atoms. The average molecular weight is 252 g/mol. The van der Waals surface area contributed by atoms with Gasteiger partial charge in [-0.25, -0.2) is 0 Å². The van der Waals surface area contributed by atoms with Gasteiger partial charge in [-0.15, -0.1) is 0 Å². The third-order valence-electron chi connectivity index (χ3n) is 2.27. The molecule has 7 heteroatoms. The highest BCUT2D eigenvalue weighted by atomic mass is 16.6. The molecule has 0 saturated carbocycles. The quantitative estimate of drug-likeness (QED) is 0.605. The Labute approximate surface area is 103 Å². The second-order valence-corrected chi connectivity index (χ2v) is 3.67. The van der Waals surface area contributed by atoms with Crippen LogP contribution >= 0.6 is 0 Å². The monoisotopic (exact) mass is 252 g/mol. The Morgan fingerprint density at radius 2 is 2.06 bits per heavy atom. The molecule has 1 aromatic carbocycles. The lowest BCUT2D eigenvalue weighted by Gasteiger charge is -2.16. The minimum absolute atomic E-state index is 0.181. The Hall–Kier alpha value is -2.44. The van der Waals surface area contributed by atoms with E-state index in [1.165, 1.54) is 25.1 Å². The molecule has 0 aromatic heterocycles. The van der Waals surface area contributed by atoms with Crippen LogP contribution in [0.25, 0.3) is 0 Å². The van der Waals surface area contributed by atoms with Gasteiger partial charge < -0.3 is 10.4 Å². The molecule has 1 amide bonds. The zero-order chi connectivity index (χ0) is 13.7. The molecule has 1 rings (SSSR count). The van der Waals surface area contributed by atoms with Crippen molar-refractivity contribution in [3.63, 3.8) is 0 Å². The van der Waals surface area contributed by atoms with E-state index in [1.807, 2.05) is 0 Å². The minimum Gasteiger partial charge on any atom is -0.481 e. The van der Waals surface area contributed by atoms with Crippen molar-refractivity contribution in [2.45, 2.75) is 19.4 Å². The largest absolute Gasteiger partial charge is 0.481 e. The first-order valence-corrected chi connectivity index (χ1v) is 5.14. The van der Waals surface area contributed by atoms with Crippen LogP contribution in [-0.2, 0) is 9.59 Å². The zero-order valence-corrected chi connectivity index (χ0v) is 9.62. The molecule has 0 aliphatic carbocycles. The fourth-order valence-corrected chi connectivity index (χ4v) is 1.61. The normalized spacial score (nSPS) is 11.6. The molecule has 1 atom stereocenters. The summed E-state index contributed by atoms with van der Waals surface area (Å²) < 4.78 is 0. The van der Waals surface area contributed by atoms with Crippen LogP contribution in [0, 0.1) is 10.1 Å². The van der Waals surface area contributed by atoms with E-state index in [1.54, 1.807) is 6.07 Å². The fraction of sp³-hybridized carbons (Fsp3) is 0.273. The number of para-hydroxylation sites is 1. The number of nitro groups is 1. The lowest BCUT2D eigenvalue weighted by molar-refractivity contribution is -0.385. The topological polar surface area (TPSA) is 110 Å². The zero-order valence-electron chi connectivity index (χ0n) is 9.62. The standard InChI is InChI=1S/C11H12N2O5/c1-7(14)12-9(6-11(15)16)8-4-2-3-5-10(8)13(17)18/h2-5,9H,6H2,1H3,(H,12,14)(H,15,16). The summed E-state index contributed by atoms with van der Waals surface area (Å²) in [4.78, 5) is 32.0. The summed E-state index contributed by atoms with van der Waals surface area (Å²) in [6, 6.07) is 4.82. The summed E-state index contributed by atoms with van der Waals surface area (Å²) in [6.07, 6.45) is -0.412. The molecule has 0 heterocycles. The van der Waals surface area contributed by atoms with E-state index in [-0.39, 0.29) is 11.3 Å². The molecule has 0 fully saturated rings. The third-order valence-corrected chi connectivity index (χ3v) is 2.27. The van der Waals surface area contributed by atoms with Gasteiger partial charge in [-0.1, -0.05) is 18.2 Å². The van der Waals surface area contributed by atoms with Crippen molar-refractivity contribution < 1.29 is 19.6 Å². The smallest absolute Gasteiger partial charge is 0.305 e. The van der Waals surface area contributed by atoms with Crippen LogP contribution in [0.2, 0.25) is 0 Å². The number of nitrogens with zero attached hydrogens (tertiary/aromatic N) is 1. The Kier molecular flexibility index (Phi) is 4.36. The van der Waals surface area contributed by atoms with Crippen LogP contribution in [0.4, 0.5) is 5.69 Å². The van der Waals surface area contributed by atoms with Crippen LogP contribution in [0.5, 0.6) is 0 Å². The second-order valence-electron chi connectivity index (χ2n) is 3.67. The number of nitro benzene ring substituents is 1. The highest BCUT2D eigenvalue weighted by molar-refractivity contribution is 5.75. The van der Waals surface area contributed by atoms with Gasteiger partial charge in [0.15, 0.2) is 0 Å². The molecule has 0 saturated heterocycles. The predicted molar refractivity (Wildman–Crippen MR) is 61.9 cm³/mol. The first kappa shape index (κ1) is 13.6.